The molecule has 3 amide bonds. The van der Waals surface area contributed by atoms with Crippen LogP contribution in [0.25, 0.3) is 21.7 Å². The van der Waals surface area contributed by atoms with Gasteiger partial charge in [0.2, 0.25) is 17.7 Å². The number of nitrogens with two attached hydrogens (primary N) is 2. The molecule has 0 spiro atoms. The first-order valence-corrected chi connectivity index (χ1v) is 15.5. The van der Waals surface area contributed by atoms with Crippen LogP contribution in [0.3, 0.4) is 0 Å². The van der Waals surface area contributed by atoms with Gasteiger partial charge in [0.1, 0.15) is 6.04 Å². The van der Waals surface area contributed by atoms with Gasteiger partial charge in [-0.1, -0.05) is 67.1 Å². The minimum absolute atomic E-state index is 0.0162. The summed E-state index contributed by atoms with van der Waals surface area (Å²) in [5.74, 6) is -1.90. The smallest absolute Gasteiger partial charge is 0.240 e. The van der Waals surface area contributed by atoms with Crippen LogP contribution in [0.5, 0.6) is 0 Å². The van der Waals surface area contributed by atoms with Crippen LogP contribution in [-0.4, -0.2) is 58.6 Å². The Labute approximate surface area is 257 Å². The van der Waals surface area contributed by atoms with Crippen molar-refractivity contribution in [1.29, 1.82) is 0 Å². The van der Waals surface area contributed by atoms with Crippen molar-refractivity contribution in [1.82, 2.24) is 15.2 Å². The number of hydrogen-bond acceptors (Lipinski definition) is 5. The number of hydrogen-bond donors (Lipinski definition) is 4. The molecule has 1 aliphatic rings. The average Bonchev–Trinajstić information content (AvgIpc) is 3.68. The summed E-state index contributed by atoms with van der Waals surface area (Å²) in [6.45, 7) is 0.990. The summed E-state index contributed by atoms with van der Waals surface area (Å²) in [7, 11) is 0. The average molecular weight is 596 g/mol. The number of fused-ring (bicyclic) bond motifs is 2. The van der Waals surface area contributed by atoms with Gasteiger partial charge in [-0.3, -0.25) is 19.2 Å². The fourth-order valence-electron chi connectivity index (χ4n) is 6.38. The number of carbonyl (C=O) groups excluding carboxylic acids is 4. The molecule has 0 radical (unpaired) electrons. The Balaban J connectivity index is 1.27. The first-order chi connectivity index (χ1) is 21.4. The van der Waals surface area contributed by atoms with Crippen LogP contribution < -0.4 is 16.8 Å². The van der Waals surface area contributed by atoms with E-state index < -0.39 is 23.9 Å². The fraction of sp³-hybridized carbons (Fsp3) is 0.371. The van der Waals surface area contributed by atoms with E-state index in [9.17, 15) is 19.2 Å². The van der Waals surface area contributed by atoms with Gasteiger partial charge in [-0.05, 0) is 60.2 Å². The minimum Gasteiger partial charge on any atom is -0.368 e. The van der Waals surface area contributed by atoms with E-state index in [4.69, 9.17) is 11.5 Å². The maximum Gasteiger partial charge on any atom is 0.240 e. The van der Waals surface area contributed by atoms with Gasteiger partial charge in [0.05, 0.1) is 12.5 Å². The molecule has 9 heteroatoms. The van der Waals surface area contributed by atoms with E-state index >= 15 is 0 Å². The van der Waals surface area contributed by atoms with Crippen LogP contribution in [-0.2, 0) is 32.0 Å². The second-order valence-corrected chi connectivity index (χ2v) is 11.7. The number of benzene rings is 3. The number of amides is 3. The van der Waals surface area contributed by atoms with Crippen molar-refractivity contribution in [3.63, 3.8) is 0 Å². The second-order valence-electron chi connectivity index (χ2n) is 11.7. The van der Waals surface area contributed by atoms with E-state index in [1.807, 2.05) is 72.9 Å². The zero-order valence-corrected chi connectivity index (χ0v) is 25.0. The highest BCUT2D eigenvalue weighted by atomic mass is 16.2. The Morgan fingerprint density at radius 1 is 0.932 bits per heavy atom. The van der Waals surface area contributed by atoms with Crippen molar-refractivity contribution >= 4 is 45.2 Å². The zero-order chi connectivity index (χ0) is 31.1. The van der Waals surface area contributed by atoms with Crippen molar-refractivity contribution in [2.45, 2.75) is 63.5 Å². The van der Waals surface area contributed by atoms with Crippen molar-refractivity contribution in [2.24, 2.45) is 17.4 Å². The van der Waals surface area contributed by atoms with E-state index in [0.717, 1.165) is 39.2 Å². The van der Waals surface area contributed by atoms with Crippen molar-refractivity contribution in [3.05, 3.63) is 84.1 Å². The summed E-state index contributed by atoms with van der Waals surface area (Å²) in [5, 5.41) is 5.88. The van der Waals surface area contributed by atoms with Gasteiger partial charge in [0.15, 0.2) is 5.78 Å². The lowest BCUT2D eigenvalue weighted by Gasteiger charge is -2.26. The second kappa shape index (κ2) is 14.3. The van der Waals surface area contributed by atoms with Gasteiger partial charge in [-0.15, -0.1) is 0 Å². The number of primary amides is 1. The number of rotatable bonds is 14. The number of nitrogens with zero attached hydrogens (tertiary/aromatic N) is 1. The molecule has 0 saturated carbocycles. The Hall–Kier alpha value is -4.50. The number of unbranched alkanes of at least 4 members (excludes halogenated alkanes) is 1. The predicted molar refractivity (Wildman–Crippen MR) is 172 cm³/mol. The lowest BCUT2D eigenvalue weighted by Crippen LogP contribution is -2.49. The summed E-state index contributed by atoms with van der Waals surface area (Å²) in [6, 6.07) is 20.1. The number of carbonyl (C=O) groups is 4. The summed E-state index contributed by atoms with van der Waals surface area (Å²) in [4.78, 5) is 58.1. The van der Waals surface area contributed by atoms with Gasteiger partial charge in [0.25, 0.3) is 0 Å². The van der Waals surface area contributed by atoms with E-state index in [1.54, 1.807) is 4.90 Å². The van der Waals surface area contributed by atoms with Crippen LogP contribution in [0, 0.1) is 5.92 Å². The largest absolute Gasteiger partial charge is 0.368 e. The molecule has 1 aliphatic heterocycles. The summed E-state index contributed by atoms with van der Waals surface area (Å²) in [5.41, 5.74) is 14.2. The molecule has 230 valence electrons. The van der Waals surface area contributed by atoms with E-state index in [-0.39, 0.29) is 36.9 Å². The molecule has 9 nitrogen and oxygen atoms in total. The Bertz CT molecular complexity index is 1640. The van der Waals surface area contributed by atoms with Crippen LogP contribution >= 0.6 is 0 Å². The highest BCUT2D eigenvalue weighted by molar-refractivity contribution is 5.96. The standard InChI is InChI=1S/C35H41N5O4/c36-17-6-5-10-25(35(44)39-30(34(37)43)19-26-22-38-29-15-4-3-14-28(26)29)20-32(41)31-16-8-18-40(31)33(42)21-24-12-7-11-23-9-1-2-13-27(23)24/h1-4,7,9,11-15,22,25,30-31,38H,5-6,8,10,16-21,36H2,(H2,37,43)(H,39,44)/t25-,30+,31+/m1/s1. The lowest BCUT2D eigenvalue weighted by atomic mass is 9.91. The number of Topliss-reactive ketones (excluding diaryl/α,β-unsaturated/α-hetero) is 1. The molecule has 0 aliphatic carbocycles. The van der Waals surface area contributed by atoms with Crippen LogP contribution in [0.1, 0.15) is 49.7 Å². The van der Waals surface area contributed by atoms with Gasteiger partial charge in [-0.2, -0.15) is 0 Å². The molecule has 0 bridgehead atoms. The van der Waals surface area contributed by atoms with Gasteiger partial charge in [-0.25, -0.2) is 0 Å². The number of aromatic nitrogens is 1. The first kappa shape index (κ1) is 30.9. The SMILES string of the molecule is NCCCC[C@H](CC(=O)[C@@H]1CCCN1C(=O)Cc1cccc2ccccc12)C(=O)N[C@@H](Cc1c[nH]c2ccccc12)C(N)=O. The Kier molecular flexibility index (Phi) is 10.1. The van der Waals surface area contributed by atoms with Crippen LogP contribution in [0.15, 0.2) is 72.9 Å². The Morgan fingerprint density at radius 2 is 1.68 bits per heavy atom. The van der Waals surface area contributed by atoms with E-state index in [0.29, 0.717) is 38.8 Å². The molecule has 1 saturated heterocycles. The first-order valence-electron chi connectivity index (χ1n) is 15.5. The van der Waals surface area contributed by atoms with Crippen molar-refractivity contribution < 1.29 is 19.2 Å². The van der Waals surface area contributed by atoms with Crippen molar-refractivity contribution in [3.8, 4) is 0 Å². The quantitative estimate of drug-likeness (QED) is 0.164. The number of aromatic amines is 1. The molecule has 0 unspecified atom stereocenters. The third kappa shape index (κ3) is 7.17. The predicted octanol–water partition coefficient (Wildman–Crippen LogP) is 3.77. The Morgan fingerprint density at radius 3 is 2.48 bits per heavy atom. The van der Waals surface area contributed by atoms with Crippen molar-refractivity contribution in [2.75, 3.05) is 13.1 Å². The monoisotopic (exact) mass is 595 g/mol. The van der Waals surface area contributed by atoms with Gasteiger partial charge >= 0.3 is 0 Å². The third-order valence-electron chi connectivity index (χ3n) is 8.75. The topological polar surface area (TPSA) is 151 Å². The maximum absolute atomic E-state index is 13.7. The van der Waals surface area contributed by atoms with Gasteiger partial charge in [0, 0.05) is 42.4 Å². The molecule has 1 fully saturated rings. The summed E-state index contributed by atoms with van der Waals surface area (Å²) >= 11 is 0. The number of nitrogens with one attached hydrogen (secondary N) is 2. The molecular formula is C35H41N5O4. The maximum atomic E-state index is 13.7. The summed E-state index contributed by atoms with van der Waals surface area (Å²) in [6.07, 6.45) is 5.37. The number of ketones is 1. The molecule has 6 N–H and O–H groups in total. The van der Waals surface area contributed by atoms with E-state index in [1.165, 1.54) is 0 Å². The normalized spacial score (nSPS) is 16.2. The molecule has 44 heavy (non-hydrogen) atoms. The van der Waals surface area contributed by atoms with Gasteiger partial charge < -0.3 is 26.7 Å². The number of likely N-dealkylation sites (tertiary alicyclic amines) is 1. The number of para-hydroxylation sites is 1. The highest BCUT2D eigenvalue weighted by Gasteiger charge is 2.36. The fourth-order valence-corrected chi connectivity index (χ4v) is 6.38. The highest BCUT2D eigenvalue weighted by Crippen LogP contribution is 2.26. The lowest BCUT2D eigenvalue weighted by molar-refractivity contribution is -0.138. The van der Waals surface area contributed by atoms with Crippen LogP contribution in [0.4, 0.5) is 0 Å². The number of H-pyrrole nitrogens is 1. The molecule has 3 aromatic carbocycles. The third-order valence-corrected chi connectivity index (χ3v) is 8.75. The van der Waals surface area contributed by atoms with E-state index in [2.05, 4.69) is 10.3 Å². The zero-order valence-electron chi connectivity index (χ0n) is 25.0. The molecule has 3 atom stereocenters. The molecule has 1 aromatic heterocycles. The molecule has 5 rings (SSSR count). The van der Waals surface area contributed by atoms with Crippen LogP contribution in [0.2, 0.25) is 0 Å². The molecule has 4 aromatic rings. The molecule has 2 heterocycles. The minimum atomic E-state index is -0.931. The molecular weight excluding hydrogens is 554 g/mol. The summed E-state index contributed by atoms with van der Waals surface area (Å²) < 4.78 is 0.